The Morgan fingerprint density at radius 1 is 1.05 bits per heavy atom. The molecule has 0 aromatic heterocycles. The molecule has 1 unspecified atom stereocenters. The molecule has 1 N–H and O–H groups in total. The van der Waals surface area contributed by atoms with Crippen molar-refractivity contribution in [3.8, 4) is 11.5 Å². The van der Waals surface area contributed by atoms with E-state index in [1.165, 1.54) is 6.07 Å². The third kappa shape index (κ3) is 3.59. The minimum atomic E-state index is -0.309. The molecule has 0 aliphatic heterocycles. The van der Waals surface area contributed by atoms with Gasteiger partial charge in [0.2, 0.25) is 0 Å². The molecule has 0 saturated carbocycles. The summed E-state index contributed by atoms with van der Waals surface area (Å²) in [4.78, 5) is 0. The summed E-state index contributed by atoms with van der Waals surface area (Å²) in [6.07, 6.45) is 0. The van der Waals surface area contributed by atoms with Crippen LogP contribution in [0.3, 0.4) is 0 Å². The highest BCUT2D eigenvalue weighted by molar-refractivity contribution is 9.10. The zero-order chi connectivity index (χ0) is 14.7. The molecule has 2 aromatic carbocycles. The minimum absolute atomic E-state index is 0.249. The van der Waals surface area contributed by atoms with Crippen LogP contribution in [0.2, 0.25) is 0 Å². The Bertz CT molecular complexity index is 619. The van der Waals surface area contributed by atoms with Gasteiger partial charge in [0.25, 0.3) is 0 Å². The highest BCUT2D eigenvalue weighted by Gasteiger charge is 2.09. The van der Waals surface area contributed by atoms with Gasteiger partial charge in [-0.05, 0) is 65.8 Å². The first kappa shape index (κ1) is 15.5. The Morgan fingerprint density at radius 2 is 1.65 bits per heavy atom. The summed E-state index contributed by atoms with van der Waals surface area (Å²) in [5.41, 5.74) is 1.15. The van der Waals surface area contributed by atoms with E-state index >= 15 is 0 Å². The Hall–Kier alpha value is -0.910. The van der Waals surface area contributed by atoms with E-state index in [9.17, 15) is 4.39 Å². The van der Waals surface area contributed by atoms with Gasteiger partial charge in [0.15, 0.2) is 0 Å². The van der Waals surface area contributed by atoms with Crippen molar-refractivity contribution in [2.24, 2.45) is 0 Å². The lowest BCUT2D eigenvalue weighted by Gasteiger charge is -2.14. The summed E-state index contributed by atoms with van der Waals surface area (Å²) in [5, 5.41) is 3.19. The van der Waals surface area contributed by atoms with Crippen molar-refractivity contribution in [2.45, 2.75) is 13.0 Å². The van der Waals surface area contributed by atoms with Crippen LogP contribution in [0.1, 0.15) is 18.5 Å². The number of hydrogen-bond donors (Lipinski definition) is 1. The van der Waals surface area contributed by atoms with E-state index in [0.29, 0.717) is 16.0 Å². The van der Waals surface area contributed by atoms with Gasteiger partial charge >= 0.3 is 0 Å². The molecule has 5 heteroatoms. The molecule has 0 aliphatic carbocycles. The standard InChI is InChI=1S/C15H14Br2FNO/c1-9(19-2)12-5-3-10(7-13(12)16)20-11-4-6-15(18)14(17)8-11/h3-9,19H,1-2H3. The maximum atomic E-state index is 13.2. The molecule has 0 bridgehead atoms. The quantitative estimate of drug-likeness (QED) is 0.736. The predicted molar refractivity (Wildman–Crippen MR) is 85.8 cm³/mol. The van der Waals surface area contributed by atoms with Crippen LogP contribution in [0.15, 0.2) is 45.3 Å². The van der Waals surface area contributed by atoms with Gasteiger partial charge in [0.1, 0.15) is 17.3 Å². The van der Waals surface area contributed by atoms with E-state index in [1.54, 1.807) is 12.1 Å². The number of nitrogens with one attached hydrogen (secondary N) is 1. The lowest BCUT2D eigenvalue weighted by atomic mass is 10.1. The first-order valence-corrected chi connectivity index (χ1v) is 7.69. The smallest absolute Gasteiger partial charge is 0.137 e. The topological polar surface area (TPSA) is 21.3 Å². The Morgan fingerprint density at radius 3 is 2.20 bits per heavy atom. The fourth-order valence-corrected chi connectivity index (χ4v) is 2.81. The fraction of sp³-hybridized carbons (Fsp3) is 0.200. The molecule has 106 valence electrons. The Balaban J connectivity index is 2.22. The predicted octanol–water partition coefficient (Wildman–Crippen LogP) is 5.42. The maximum Gasteiger partial charge on any atom is 0.137 e. The molecule has 0 heterocycles. The second kappa shape index (κ2) is 6.70. The average molecular weight is 403 g/mol. The molecule has 0 radical (unpaired) electrons. The van der Waals surface area contributed by atoms with E-state index in [1.807, 2.05) is 25.2 Å². The average Bonchev–Trinajstić information content (AvgIpc) is 2.42. The number of halogens is 3. The molecule has 0 fully saturated rings. The zero-order valence-electron chi connectivity index (χ0n) is 11.1. The molecule has 2 rings (SSSR count). The van der Waals surface area contributed by atoms with Crippen LogP contribution < -0.4 is 10.1 Å². The third-order valence-electron chi connectivity index (χ3n) is 3.00. The molecule has 1 atom stereocenters. The molecule has 0 amide bonds. The van der Waals surface area contributed by atoms with Gasteiger partial charge in [-0.1, -0.05) is 22.0 Å². The van der Waals surface area contributed by atoms with Crippen molar-refractivity contribution >= 4 is 31.9 Å². The summed E-state index contributed by atoms with van der Waals surface area (Å²) < 4.78 is 20.2. The second-order valence-corrected chi connectivity index (χ2v) is 6.08. The number of ether oxygens (including phenoxy) is 1. The molecular formula is C15H14Br2FNO. The fourth-order valence-electron chi connectivity index (χ4n) is 1.75. The van der Waals surface area contributed by atoms with Crippen LogP contribution in [-0.4, -0.2) is 7.05 Å². The van der Waals surface area contributed by atoms with Crippen molar-refractivity contribution in [1.29, 1.82) is 0 Å². The molecule has 0 spiro atoms. The van der Waals surface area contributed by atoms with Gasteiger partial charge in [0, 0.05) is 10.5 Å². The third-order valence-corrected chi connectivity index (χ3v) is 4.29. The van der Waals surface area contributed by atoms with Crippen molar-refractivity contribution in [3.63, 3.8) is 0 Å². The molecular weight excluding hydrogens is 389 g/mol. The summed E-state index contributed by atoms with van der Waals surface area (Å²) in [6.45, 7) is 2.08. The highest BCUT2D eigenvalue weighted by Crippen LogP contribution is 2.31. The molecule has 0 aliphatic rings. The molecule has 2 nitrogen and oxygen atoms in total. The van der Waals surface area contributed by atoms with Gasteiger partial charge < -0.3 is 10.1 Å². The van der Waals surface area contributed by atoms with Crippen LogP contribution >= 0.6 is 31.9 Å². The van der Waals surface area contributed by atoms with Gasteiger partial charge in [-0.15, -0.1) is 0 Å². The largest absolute Gasteiger partial charge is 0.457 e. The number of hydrogen-bond acceptors (Lipinski definition) is 2. The summed E-state index contributed by atoms with van der Waals surface area (Å²) in [6, 6.07) is 10.6. The van der Waals surface area contributed by atoms with E-state index in [0.717, 1.165) is 10.0 Å². The van der Waals surface area contributed by atoms with Gasteiger partial charge in [-0.25, -0.2) is 4.39 Å². The lowest BCUT2D eigenvalue weighted by molar-refractivity contribution is 0.479. The van der Waals surface area contributed by atoms with E-state index < -0.39 is 0 Å². The first-order valence-electron chi connectivity index (χ1n) is 6.11. The zero-order valence-corrected chi connectivity index (χ0v) is 14.3. The Kier molecular flexibility index (Phi) is 5.18. The lowest BCUT2D eigenvalue weighted by Crippen LogP contribution is -2.12. The number of rotatable bonds is 4. The normalized spacial score (nSPS) is 12.2. The van der Waals surface area contributed by atoms with Crippen molar-refractivity contribution < 1.29 is 9.13 Å². The summed E-state index contributed by atoms with van der Waals surface area (Å²) >= 11 is 6.68. The molecule has 0 saturated heterocycles. The summed E-state index contributed by atoms with van der Waals surface area (Å²) in [7, 11) is 1.91. The van der Waals surface area contributed by atoms with E-state index in [4.69, 9.17) is 4.74 Å². The minimum Gasteiger partial charge on any atom is -0.457 e. The van der Waals surface area contributed by atoms with Crippen molar-refractivity contribution in [1.82, 2.24) is 5.32 Å². The maximum absolute atomic E-state index is 13.2. The van der Waals surface area contributed by atoms with E-state index in [2.05, 4.69) is 44.1 Å². The van der Waals surface area contributed by atoms with E-state index in [-0.39, 0.29) is 11.9 Å². The van der Waals surface area contributed by atoms with Gasteiger partial charge in [-0.2, -0.15) is 0 Å². The molecule has 2 aromatic rings. The van der Waals surface area contributed by atoms with Crippen LogP contribution in [-0.2, 0) is 0 Å². The van der Waals surface area contributed by atoms with Crippen LogP contribution in [0.5, 0.6) is 11.5 Å². The Labute approximate surface area is 134 Å². The number of benzene rings is 2. The first-order chi connectivity index (χ1) is 9.51. The van der Waals surface area contributed by atoms with Crippen molar-refractivity contribution in [2.75, 3.05) is 7.05 Å². The second-order valence-electron chi connectivity index (χ2n) is 4.37. The van der Waals surface area contributed by atoms with Crippen molar-refractivity contribution in [3.05, 3.63) is 56.7 Å². The van der Waals surface area contributed by atoms with Crippen LogP contribution in [0.4, 0.5) is 4.39 Å². The monoisotopic (exact) mass is 401 g/mol. The molecule has 20 heavy (non-hydrogen) atoms. The summed E-state index contributed by atoms with van der Waals surface area (Å²) in [5.74, 6) is 0.971. The van der Waals surface area contributed by atoms with Crippen LogP contribution in [0, 0.1) is 5.82 Å². The van der Waals surface area contributed by atoms with Gasteiger partial charge in [-0.3, -0.25) is 0 Å². The SMILES string of the molecule is CNC(C)c1ccc(Oc2ccc(F)c(Br)c2)cc1Br. The van der Waals surface area contributed by atoms with Gasteiger partial charge in [0.05, 0.1) is 4.47 Å². The van der Waals surface area contributed by atoms with Crippen LogP contribution in [0.25, 0.3) is 0 Å². The highest BCUT2D eigenvalue weighted by atomic mass is 79.9.